The lowest BCUT2D eigenvalue weighted by atomic mass is 10.2. The largest absolute Gasteiger partial charge is 0.466 e. The normalized spacial score (nSPS) is 12.8. The molecule has 1 atom stereocenters. The number of thiophene rings is 1. The number of aliphatic hydroxyl groups is 1. The number of rotatable bonds is 8. The van der Waals surface area contributed by atoms with Crippen LogP contribution in [0.2, 0.25) is 0 Å². The van der Waals surface area contributed by atoms with Crippen LogP contribution in [0.5, 0.6) is 0 Å². The highest BCUT2D eigenvalue weighted by atomic mass is 32.2. The molecule has 1 amide bonds. The first kappa shape index (κ1) is 21.3. The summed E-state index contributed by atoms with van der Waals surface area (Å²) in [6.07, 6.45) is 0.606. The van der Waals surface area contributed by atoms with Crippen LogP contribution in [0.3, 0.4) is 0 Å². The summed E-state index contributed by atoms with van der Waals surface area (Å²) in [6, 6.07) is 12.9. The molecule has 2 aromatic heterocycles. The van der Waals surface area contributed by atoms with Crippen LogP contribution in [0.4, 0.5) is 5.69 Å². The summed E-state index contributed by atoms with van der Waals surface area (Å²) >= 11 is 1.30. The van der Waals surface area contributed by atoms with Crippen molar-refractivity contribution < 1.29 is 22.7 Å². The van der Waals surface area contributed by atoms with E-state index in [0.717, 1.165) is 4.88 Å². The van der Waals surface area contributed by atoms with Gasteiger partial charge in [0.1, 0.15) is 11.9 Å². The fourth-order valence-corrected chi connectivity index (χ4v) is 4.52. The Morgan fingerprint density at radius 1 is 1.14 bits per heavy atom. The van der Waals surface area contributed by atoms with Gasteiger partial charge in [0.2, 0.25) is 15.9 Å². The number of hydrogen-bond acceptors (Lipinski definition) is 6. The zero-order valence-electron chi connectivity index (χ0n) is 16.0. The molecule has 1 unspecified atom stereocenters. The fourth-order valence-electron chi connectivity index (χ4n) is 2.48. The number of carbonyl (C=O) groups excluding carboxylic acids is 1. The molecule has 29 heavy (non-hydrogen) atoms. The van der Waals surface area contributed by atoms with E-state index in [0.29, 0.717) is 16.3 Å². The number of amides is 1. The average Bonchev–Trinajstić information content (AvgIpc) is 3.38. The zero-order chi connectivity index (χ0) is 21.0. The van der Waals surface area contributed by atoms with Gasteiger partial charge in [0.05, 0.1) is 11.2 Å². The minimum atomic E-state index is -3.71. The smallest absolute Gasteiger partial charge is 0.240 e. The molecule has 2 heterocycles. The van der Waals surface area contributed by atoms with Crippen molar-refractivity contribution in [1.29, 1.82) is 0 Å². The Kier molecular flexibility index (Phi) is 6.53. The summed E-state index contributed by atoms with van der Waals surface area (Å²) in [5.74, 6) is 0.134. The number of hydrogen-bond donors (Lipinski definition) is 3. The van der Waals surface area contributed by atoms with Crippen LogP contribution in [0, 0.1) is 5.92 Å². The first-order valence-corrected chi connectivity index (χ1v) is 11.3. The van der Waals surface area contributed by atoms with Crippen LogP contribution in [-0.2, 0) is 21.4 Å². The molecule has 7 nitrogen and oxygen atoms in total. The summed E-state index contributed by atoms with van der Waals surface area (Å²) in [4.78, 5) is 13.2. The molecule has 0 bridgehead atoms. The Morgan fingerprint density at radius 2 is 1.86 bits per heavy atom. The SMILES string of the molecule is CC(C)C(=O)Nc1ccc(S(=O)(=O)NCc2ccc(C(O)c3ccco3)s2)cc1. The van der Waals surface area contributed by atoms with E-state index >= 15 is 0 Å². The predicted octanol–water partition coefficient (Wildman–Crippen LogP) is 3.50. The van der Waals surface area contributed by atoms with E-state index in [4.69, 9.17) is 4.42 Å². The van der Waals surface area contributed by atoms with Crippen molar-refractivity contribution in [3.63, 3.8) is 0 Å². The first-order valence-electron chi connectivity index (χ1n) is 8.97. The number of benzene rings is 1. The monoisotopic (exact) mass is 434 g/mol. The molecule has 3 aromatic rings. The van der Waals surface area contributed by atoms with Crippen LogP contribution in [-0.4, -0.2) is 19.4 Å². The number of furan rings is 1. The average molecular weight is 435 g/mol. The topological polar surface area (TPSA) is 109 Å². The number of carbonyl (C=O) groups is 1. The van der Waals surface area contributed by atoms with Gasteiger partial charge < -0.3 is 14.8 Å². The summed E-state index contributed by atoms with van der Waals surface area (Å²) in [5, 5.41) is 13.0. The van der Waals surface area contributed by atoms with Gasteiger partial charge in [-0.05, 0) is 48.5 Å². The quantitative estimate of drug-likeness (QED) is 0.503. The van der Waals surface area contributed by atoms with Crippen molar-refractivity contribution in [1.82, 2.24) is 4.72 Å². The van der Waals surface area contributed by atoms with E-state index in [1.54, 1.807) is 50.2 Å². The van der Waals surface area contributed by atoms with Gasteiger partial charge in [0.15, 0.2) is 0 Å². The van der Waals surface area contributed by atoms with Gasteiger partial charge >= 0.3 is 0 Å². The van der Waals surface area contributed by atoms with Crippen LogP contribution in [0.15, 0.2) is 64.1 Å². The van der Waals surface area contributed by atoms with Crippen LogP contribution < -0.4 is 10.0 Å². The highest BCUT2D eigenvalue weighted by Crippen LogP contribution is 2.29. The third-order valence-corrected chi connectivity index (χ3v) is 6.71. The van der Waals surface area contributed by atoms with Crippen LogP contribution in [0.25, 0.3) is 0 Å². The number of sulfonamides is 1. The maximum atomic E-state index is 12.5. The van der Waals surface area contributed by atoms with Crippen molar-refractivity contribution >= 4 is 33.0 Å². The van der Waals surface area contributed by atoms with E-state index in [1.807, 2.05) is 0 Å². The predicted molar refractivity (Wildman–Crippen MR) is 111 cm³/mol. The minimum Gasteiger partial charge on any atom is -0.466 e. The molecule has 0 saturated carbocycles. The molecule has 3 rings (SSSR count). The van der Waals surface area contributed by atoms with Crippen molar-refractivity contribution in [2.24, 2.45) is 5.92 Å². The summed E-state index contributed by atoms with van der Waals surface area (Å²) in [6.45, 7) is 3.66. The molecular formula is C20H22N2O5S2. The van der Waals surface area contributed by atoms with Crippen molar-refractivity contribution in [3.8, 4) is 0 Å². The van der Waals surface area contributed by atoms with Crippen LogP contribution >= 0.6 is 11.3 Å². The maximum Gasteiger partial charge on any atom is 0.240 e. The molecule has 1 aromatic carbocycles. The van der Waals surface area contributed by atoms with E-state index in [9.17, 15) is 18.3 Å². The Labute approximate surface area is 173 Å². The van der Waals surface area contributed by atoms with Gasteiger partial charge in [-0.3, -0.25) is 4.79 Å². The summed E-state index contributed by atoms with van der Waals surface area (Å²) in [7, 11) is -3.71. The van der Waals surface area contributed by atoms with E-state index in [2.05, 4.69) is 10.0 Å². The highest BCUT2D eigenvalue weighted by Gasteiger charge is 2.18. The number of nitrogens with one attached hydrogen (secondary N) is 2. The molecule has 0 aliphatic carbocycles. The first-order chi connectivity index (χ1) is 13.8. The van der Waals surface area contributed by atoms with Gasteiger partial charge in [0, 0.05) is 27.9 Å². The molecule has 0 fully saturated rings. The second-order valence-corrected chi connectivity index (χ2v) is 9.68. The molecular weight excluding hydrogens is 412 g/mol. The molecule has 0 saturated heterocycles. The number of anilines is 1. The van der Waals surface area contributed by atoms with E-state index in [-0.39, 0.29) is 23.3 Å². The van der Waals surface area contributed by atoms with Gasteiger partial charge in [-0.1, -0.05) is 13.8 Å². The Bertz CT molecular complexity index is 1050. The molecule has 3 N–H and O–H groups in total. The van der Waals surface area contributed by atoms with E-state index < -0.39 is 16.1 Å². The summed E-state index contributed by atoms with van der Waals surface area (Å²) < 4.78 is 32.8. The van der Waals surface area contributed by atoms with Crippen LogP contribution in [0.1, 0.15) is 35.5 Å². The lowest BCUT2D eigenvalue weighted by Gasteiger charge is -2.09. The van der Waals surface area contributed by atoms with E-state index in [1.165, 1.54) is 29.7 Å². The van der Waals surface area contributed by atoms with Gasteiger partial charge in [-0.25, -0.2) is 13.1 Å². The second-order valence-electron chi connectivity index (χ2n) is 6.71. The molecule has 154 valence electrons. The molecule has 0 aliphatic rings. The lowest BCUT2D eigenvalue weighted by molar-refractivity contribution is -0.118. The standard InChI is InChI=1S/C20H22N2O5S2/c1-13(2)20(24)22-14-5-8-16(9-6-14)29(25,26)21-12-15-7-10-18(28-15)19(23)17-4-3-11-27-17/h3-11,13,19,21,23H,12H2,1-2H3,(H,22,24). The van der Waals surface area contributed by atoms with Crippen molar-refractivity contribution in [3.05, 3.63) is 70.3 Å². The van der Waals surface area contributed by atoms with Crippen molar-refractivity contribution in [2.75, 3.05) is 5.32 Å². The third kappa shape index (κ3) is 5.33. The van der Waals surface area contributed by atoms with Crippen molar-refractivity contribution in [2.45, 2.75) is 31.4 Å². The maximum absolute atomic E-state index is 12.5. The zero-order valence-corrected chi connectivity index (χ0v) is 17.6. The Morgan fingerprint density at radius 3 is 2.48 bits per heavy atom. The fraction of sp³-hybridized carbons (Fsp3) is 0.250. The molecule has 0 aliphatic heterocycles. The summed E-state index contributed by atoms with van der Waals surface area (Å²) in [5.41, 5.74) is 0.539. The third-order valence-electron chi connectivity index (χ3n) is 4.16. The lowest BCUT2D eigenvalue weighted by Crippen LogP contribution is -2.23. The Hall–Kier alpha value is -2.46. The minimum absolute atomic E-state index is 0.101. The molecule has 9 heteroatoms. The van der Waals surface area contributed by atoms with Gasteiger partial charge in [-0.15, -0.1) is 11.3 Å². The molecule has 0 radical (unpaired) electrons. The Balaban J connectivity index is 1.62. The number of aliphatic hydroxyl groups excluding tert-OH is 1. The highest BCUT2D eigenvalue weighted by molar-refractivity contribution is 7.89. The molecule has 0 spiro atoms. The van der Waals surface area contributed by atoms with Gasteiger partial charge in [-0.2, -0.15) is 0 Å². The van der Waals surface area contributed by atoms with Gasteiger partial charge in [0.25, 0.3) is 0 Å². The second kappa shape index (κ2) is 8.91.